The Morgan fingerprint density at radius 3 is 2.96 bits per heavy atom. The van der Waals surface area contributed by atoms with Crippen LogP contribution in [0.15, 0.2) is 42.9 Å². The molecule has 3 aromatic rings. The number of methoxy groups -OCH3 is 1. The number of amides is 1. The maximum Gasteiger partial charge on any atom is 0.269 e. The van der Waals surface area contributed by atoms with Crippen LogP contribution in [0, 0.1) is 5.92 Å². The van der Waals surface area contributed by atoms with Gasteiger partial charge in [-0.15, -0.1) is 0 Å². The molecule has 2 heterocycles. The van der Waals surface area contributed by atoms with Crippen LogP contribution in [0.3, 0.4) is 0 Å². The zero-order valence-corrected chi connectivity index (χ0v) is 15.2. The number of aromatic nitrogens is 4. The standard InChI is InChI=1S/C19H23N5O2/c1-13(2)11-24-12-20-9-15(24)10-21-19(25)18-8-17(22-23-18)14-5-4-6-16(7-14)26-3/h4-9,12-13H,10-11H2,1-3H3,(H,21,25)(H,22,23). The van der Waals surface area contributed by atoms with Crippen LogP contribution in [-0.4, -0.2) is 32.8 Å². The molecule has 0 unspecified atom stereocenters. The van der Waals surface area contributed by atoms with Gasteiger partial charge in [-0.3, -0.25) is 9.89 Å². The second-order valence-electron chi connectivity index (χ2n) is 6.51. The van der Waals surface area contributed by atoms with Crippen LogP contribution < -0.4 is 10.1 Å². The van der Waals surface area contributed by atoms with Crippen molar-refractivity contribution in [2.45, 2.75) is 26.9 Å². The van der Waals surface area contributed by atoms with Crippen molar-refractivity contribution < 1.29 is 9.53 Å². The molecule has 0 bridgehead atoms. The van der Waals surface area contributed by atoms with E-state index in [1.165, 1.54) is 0 Å². The summed E-state index contributed by atoms with van der Waals surface area (Å²) in [6, 6.07) is 9.28. The third-order valence-electron chi connectivity index (χ3n) is 3.98. The zero-order chi connectivity index (χ0) is 18.5. The van der Waals surface area contributed by atoms with Crippen molar-refractivity contribution in [3.05, 3.63) is 54.2 Å². The summed E-state index contributed by atoms with van der Waals surface area (Å²) >= 11 is 0. The molecule has 0 spiro atoms. The monoisotopic (exact) mass is 353 g/mol. The molecule has 0 fully saturated rings. The third-order valence-corrected chi connectivity index (χ3v) is 3.98. The predicted molar refractivity (Wildman–Crippen MR) is 98.8 cm³/mol. The number of nitrogens with one attached hydrogen (secondary N) is 2. The normalized spacial score (nSPS) is 10.9. The molecule has 0 saturated carbocycles. The zero-order valence-electron chi connectivity index (χ0n) is 15.2. The molecular weight excluding hydrogens is 330 g/mol. The van der Waals surface area contributed by atoms with Crippen molar-refractivity contribution in [2.24, 2.45) is 5.92 Å². The van der Waals surface area contributed by atoms with Crippen molar-refractivity contribution >= 4 is 5.91 Å². The van der Waals surface area contributed by atoms with E-state index in [2.05, 4.69) is 38.9 Å². The number of nitrogens with zero attached hydrogens (tertiary/aromatic N) is 3. The van der Waals surface area contributed by atoms with Gasteiger partial charge in [-0.25, -0.2) is 4.98 Å². The van der Waals surface area contributed by atoms with E-state index in [0.29, 0.717) is 23.9 Å². The van der Waals surface area contributed by atoms with Crippen LogP contribution in [0.25, 0.3) is 11.3 Å². The molecule has 7 heteroatoms. The first kappa shape index (κ1) is 17.7. The van der Waals surface area contributed by atoms with Crippen molar-refractivity contribution in [2.75, 3.05) is 7.11 Å². The Balaban J connectivity index is 1.66. The molecule has 0 aliphatic rings. The summed E-state index contributed by atoms with van der Waals surface area (Å²) in [5.41, 5.74) is 2.96. The van der Waals surface area contributed by atoms with Crippen molar-refractivity contribution in [1.29, 1.82) is 0 Å². The Morgan fingerprint density at radius 2 is 2.19 bits per heavy atom. The van der Waals surface area contributed by atoms with Gasteiger partial charge in [-0.2, -0.15) is 5.10 Å². The minimum atomic E-state index is -0.205. The van der Waals surface area contributed by atoms with E-state index in [1.807, 2.05) is 24.3 Å². The van der Waals surface area contributed by atoms with E-state index in [0.717, 1.165) is 23.6 Å². The summed E-state index contributed by atoms with van der Waals surface area (Å²) in [6.07, 6.45) is 3.57. The number of hydrogen-bond acceptors (Lipinski definition) is 4. The minimum absolute atomic E-state index is 0.205. The molecule has 0 atom stereocenters. The summed E-state index contributed by atoms with van der Waals surface area (Å²) in [7, 11) is 1.62. The highest BCUT2D eigenvalue weighted by Crippen LogP contribution is 2.22. The highest BCUT2D eigenvalue weighted by molar-refractivity contribution is 5.93. The fraction of sp³-hybridized carbons (Fsp3) is 0.316. The van der Waals surface area contributed by atoms with E-state index < -0.39 is 0 Å². The summed E-state index contributed by atoms with van der Waals surface area (Å²) in [6.45, 7) is 5.58. The van der Waals surface area contributed by atoms with E-state index in [1.54, 1.807) is 25.7 Å². The summed E-state index contributed by atoms with van der Waals surface area (Å²) in [5, 5.41) is 9.93. The van der Waals surface area contributed by atoms with Gasteiger partial charge in [0.25, 0.3) is 5.91 Å². The van der Waals surface area contributed by atoms with E-state index in [9.17, 15) is 4.79 Å². The first-order valence-electron chi connectivity index (χ1n) is 8.54. The Kier molecular flexibility index (Phi) is 5.36. The molecule has 2 aromatic heterocycles. The number of benzene rings is 1. The van der Waals surface area contributed by atoms with E-state index in [-0.39, 0.29) is 5.91 Å². The average molecular weight is 353 g/mol. The van der Waals surface area contributed by atoms with Crippen LogP contribution in [0.1, 0.15) is 30.0 Å². The number of hydrogen-bond donors (Lipinski definition) is 2. The van der Waals surface area contributed by atoms with Crippen LogP contribution >= 0.6 is 0 Å². The number of carbonyl (C=O) groups is 1. The molecule has 0 aliphatic heterocycles. The first-order valence-corrected chi connectivity index (χ1v) is 8.54. The number of carbonyl (C=O) groups excluding carboxylic acids is 1. The van der Waals surface area contributed by atoms with Gasteiger partial charge in [0.15, 0.2) is 0 Å². The van der Waals surface area contributed by atoms with Gasteiger partial charge in [0.05, 0.1) is 31.4 Å². The number of imidazole rings is 1. The number of H-pyrrole nitrogens is 1. The van der Waals surface area contributed by atoms with Crippen LogP contribution in [0.5, 0.6) is 5.75 Å². The fourth-order valence-corrected chi connectivity index (χ4v) is 2.69. The second-order valence-corrected chi connectivity index (χ2v) is 6.51. The van der Waals surface area contributed by atoms with Gasteiger partial charge in [0.1, 0.15) is 11.4 Å². The van der Waals surface area contributed by atoms with Gasteiger partial charge in [-0.1, -0.05) is 26.0 Å². The molecule has 7 nitrogen and oxygen atoms in total. The van der Waals surface area contributed by atoms with Crippen molar-refractivity contribution in [3.63, 3.8) is 0 Å². The molecule has 26 heavy (non-hydrogen) atoms. The highest BCUT2D eigenvalue weighted by Gasteiger charge is 2.12. The lowest BCUT2D eigenvalue weighted by Gasteiger charge is -2.10. The van der Waals surface area contributed by atoms with Crippen LogP contribution in [0.2, 0.25) is 0 Å². The van der Waals surface area contributed by atoms with Crippen LogP contribution in [-0.2, 0) is 13.1 Å². The predicted octanol–water partition coefficient (Wildman–Crippen LogP) is 2.87. The number of aromatic amines is 1. The summed E-state index contributed by atoms with van der Waals surface area (Å²) < 4.78 is 7.28. The smallest absolute Gasteiger partial charge is 0.269 e. The number of ether oxygens (including phenoxy) is 1. The largest absolute Gasteiger partial charge is 0.497 e. The Labute approximate surface area is 152 Å². The second kappa shape index (κ2) is 7.86. The topological polar surface area (TPSA) is 84.8 Å². The van der Waals surface area contributed by atoms with Crippen molar-refractivity contribution in [3.8, 4) is 17.0 Å². The average Bonchev–Trinajstić information content (AvgIpc) is 3.29. The summed E-state index contributed by atoms with van der Waals surface area (Å²) in [4.78, 5) is 16.6. The Hall–Kier alpha value is -3.09. The molecule has 0 radical (unpaired) electrons. The Morgan fingerprint density at radius 1 is 1.35 bits per heavy atom. The molecule has 3 rings (SSSR count). The lowest BCUT2D eigenvalue weighted by Crippen LogP contribution is -2.24. The minimum Gasteiger partial charge on any atom is -0.497 e. The molecule has 0 aliphatic carbocycles. The first-order chi connectivity index (χ1) is 12.6. The molecular formula is C19H23N5O2. The highest BCUT2D eigenvalue weighted by atomic mass is 16.5. The molecule has 1 amide bonds. The van der Waals surface area contributed by atoms with Gasteiger partial charge < -0.3 is 14.6 Å². The van der Waals surface area contributed by atoms with Crippen LogP contribution in [0.4, 0.5) is 0 Å². The van der Waals surface area contributed by atoms with Gasteiger partial charge in [-0.05, 0) is 24.1 Å². The van der Waals surface area contributed by atoms with Gasteiger partial charge in [0.2, 0.25) is 0 Å². The number of rotatable bonds is 7. The van der Waals surface area contributed by atoms with E-state index in [4.69, 9.17) is 4.74 Å². The third kappa shape index (κ3) is 4.11. The Bertz CT molecular complexity index is 881. The maximum atomic E-state index is 12.4. The quantitative estimate of drug-likeness (QED) is 0.684. The molecule has 1 aromatic carbocycles. The van der Waals surface area contributed by atoms with Gasteiger partial charge >= 0.3 is 0 Å². The van der Waals surface area contributed by atoms with Crippen molar-refractivity contribution in [1.82, 2.24) is 25.1 Å². The molecule has 136 valence electrons. The molecule has 2 N–H and O–H groups in total. The lowest BCUT2D eigenvalue weighted by molar-refractivity contribution is 0.0945. The van der Waals surface area contributed by atoms with E-state index >= 15 is 0 Å². The SMILES string of the molecule is COc1cccc(-c2cc(C(=O)NCc3cncn3CC(C)C)[nH]n2)c1. The summed E-state index contributed by atoms with van der Waals surface area (Å²) in [5.74, 6) is 1.05. The van der Waals surface area contributed by atoms with Gasteiger partial charge in [0, 0.05) is 18.3 Å². The molecule has 0 saturated heterocycles. The maximum absolute atomic E-state index is 12.4. The lowest BCUT2D eigenvalue weighted by atomic mass is 10.1. The fourth-order valence-electron chi connectivity index (χ4n) is 2.69.